The maximum Gasteiger partial charge on any atom is 0.337 e. The molecule has 1 heterocycles. The van der Waals surface area contributed by atoms with E-state index in [0.29, 0.717) is 16.0 Å². The van der Waals surface area contributed by atoms with E-state index in [2.05, 4.69) is 0 Å². The number of carbonyl (C=O) groups is 2. The van der Waals surface area contributed by atoms with Crippen LogP contribution >= 0.6 is 11.3 Å². The summed E-state index contributed by atoms with van der Waals surface area (Å²) in [4.78, 5) is 34.3. The van der Waals surface area contributed by atoms with Gasteiger partial charge in [-0.2, -0.15) is 0 Å². The van der Waals surface area contributed by atoms with Gasteiger partial charge in [-0.05, 0) is 30.0 Å². The summed E-state index contributed by atoms with van der Waals surface area (Å²) in [6.07, 6.45) is 0.858. The molecule has 0 bridgehead atoms. The molecule has 1 aromatic heterocycles. The van der Waals surface area contributed by atoms with Gasteiger partial charge in [-0.1, -0.05) is 6.07 Å². The van der Waals surface area contributed by atoms with Gasteiger partial charge >= 0.3 is 11.9 Å². The molecule has 1 aromatic carbocycles. The first kappa shape index (κ1) is 14.7. The summed E-state index contributed by atoms with van der Waals surface area (Å²) in [5, 5.41) is 20.5. The van der Waals surface area contributed by atoms with Gasteiger partial charge in [-0.25, -0.2) is 14.4 Å². The number of thiophene rings is 1. The first-order valence-electron chi connectivity index (χ1n) is 5.86. The summed E-state index contributed by atoms with van der Waals surface area (Å²) in [6.45, 7) is 1.56. The van der Waals surface area contributed by atoms with E-state index in [1.807, 2.05) is 0 Å². The number of hydrogen-bond donors (Lipinski definition) is 2. The van der Waals surface area contributed by atoms with Crippen molar-refractivity contribution in [1.29, 1.82) is 0 Å². The third-order valence-corrected chi connectivity index (χ3v) is 3.88. The van der Waals surface area contributed by atoms with Gasteiger partial charge in [-0.15, -0.1) is 11.3 Å². The zero-order chi connectivity index (χ0) is 15.6. The van der Waals surface area contributed by atoms with Gasteiger partial charge in [0.25, 0.3) is 0 Å². The quantitative estimate of drug-likeness (QED) is 0.847. The van der Waals surface area contributed by atoms with Crippen molar-refractivity contribution in [3.8, 4) is 10.4 Å². The lowest BCUT2D eigenvalue weighted by molar-refractivity contribution is 0.0695. The monoisotopic (exact) mass is 302 g/mol. The SMILES string of the molecule is Cc1cc(-c2cccs2)c(C(=O)O)c(C=C=O)c1C(=O)O. The summed E-state index contributed by atoms with van der Waals surface area (Å²) in [6, 6.07) is 5.02. The van der Waals surface area contributed by atoms with Gasteiger partial charge < -0.3 is 10.2 Å². The Morgan fingerprint density at radius 1 is 1.24 bits per heavy atom. The van der Waals surface area contributed by atoms with Gasteiger partial charge in [0.1, 0.15) is 5.94 Å². The van der Waals surface area contributed by atoms with Crippen LogP contribution in [0.1, 0.15) is 31.8 Å². The van der Waals surface area contributed by atoms with Crippen LogP contribution in [-0.2, 0) is 4.79 Å². The van der Waals surface area contributed by atoms with Crippen LogP contribution in [0.2, 0.25) is 0 Å². The largest absolute Gasteiger partial charge is 0.478 e. The lowest BCUT2D eigenvalue weighted by Crippen LogP contribution is -2.11. The fourth-order valence-electron chi connectivity index (χ4n) is 2.19. The van der Waals surface area contributed by atoms with Crippen LogP contribution in [0.3, 0.4) is 0 Å². The lowest BCUT2D eigenvalue weighted by Gasteiger charge is -2.13. The van der Waals surface area contributed by atoms with Gasteiger partial charge in [0.2, 0.25) is 0 Å². The highest BCUT2D eigenvalue weighted by atomic mass is 32.1. The Labute approximate surface area is 123 Å². The first-order valence-corrected chi connectivity index (χ1v) is 6.74. The van der Waals surface area contributed by atoms with Gasteiger partial charge in [0.15, 0.2) is 0 Å². The summed E-state index contributed by atoms with van der Waals surface area (Å²) in [5.41, 5.74) is 0.243. The van der Waals surface area contributed by atoms with Crippen LogP contribution in [0.4, 0.5) is 0 Å². The maximum atomic E-state index is 11.6. The van der Waals surface area contributed by atoms with Crippen molar-refractivity contribution in [3.63, 3.8) is 0 Å². The third kappa shape index (κ3) is 2.63. The Kier molecular flexibility index (Phi) is 4.03. The highest BCUT2D eigenvalue weighted by Crippen LogP contribution is 2.34. The van der Waals surface area contributed by atoms with Crippen LogP contribution in [0.25, 0.3) is 16.5 Å². The average molecular weight is 302 g/mol. The van der Waals surface area contributed by atoms with E-state index >= 15 is 0 Å². The molecule has 6 heteroatoms. The van der Waals surface area contributed by atoms with Crippen LogP contribution in [0.15, 0.2) is 23.6 Å². The van der Waals surface area contributed by atoms with Crippen molar-refractivity contribution in [3.05, 3.63) is 45.8 Å². The molecule has 0 saturated heterocycles. The zero-order valence-corrected chi connectivity index (χ0v) is 11.7. The fraction of sp³-hybridized carbons (Fsp3) is 0.0667. The van der Waals surface area contributed by atoms with E-state index in [4.69, 9.17) is 0 Å². The van der Waals surface area contributed by atoms with E-state index in [9.17, 15) is 24.6 Å². The number of aryl methyl sites for hydroxylation is 1. The molecule has 0 amide bonds. The summed E-state index contributed by atoms with van der Waals surface area (Å²) >= 11 is 1.33. The van der Waals surface area contributed by atoms with Crippen molar-refractivity contribution in [1.82, 2.24) is 0 Å². The highest BCUT2D eigenvalue weighted by Gasteiger charge is 2.24. The Balaban J connectivity index is 2.95. The number of carboxylic acids is 2. The van der Waals surface area contributed by atoms with E-state index in [-0.39, 0.29) is 16.7 Å². The predicted octanol–water partition coefficient (Wildman–Crippen LogP) is 2.96. The minimum atomic E-state index is -1.29. The fourth-order valence-corrected chi connectivity index (χ4v) is 2.94. The molecule has 0 saturated carbocycles. The van der Waals surface area contributed by atoms with Gasteiger partial charge in [-0.3, -0.25) is 0 Å². The molecule has 0 aliphatic rings. The number of carboxylic acid groups (broad SMARTS) is 2. The molecule has 0 atom stereocenters. The summed E-state index contributed by atoms with van der Waals surface area (Å²) < 4.78 is 0. The Morgan fingerprint density at radius 3 is 2.38 bits per heavy atom. The minimum absolute atomic E-state index is 0.131. The molecule has 0 fully saturated rings. The van der Waals surface area contributed by atoms with Gasteiger partial charge in [0.05, 0.1) is 11.1 Å². The maximum absolute atomic E-state index is 11.6. The number of rotatable bonds is 4. The van der Waals surface area contributed by atoms with Gasteiger partial charge in [0, 0.05) is 22.1 Å². The minimum Gasteiger partial charge on any atom is -0.478 e. The Bertz CT molecular complexity index is 768. The molecule has 5 nitrogen and oxygen atoms in total. The van der Waals surface area contributed by atoms with Crippen molar-refractivity contribution in [2.75, 3.05) is 0 Å². The summed E-state index contributed by atoms with van der Waals surface area (Å²) in [7, 11) is 0. The number of hydrogen-bond acceptors (Lipinski definition) is 4. The second kappa shape index (κ2) is 5.75. The average Bonchev–Trinajstić information content (AvgIpc) is 2.91. The number of aromatic carboxylic acids is 2. The van der Waals surface area contributed by atoms with Crippen LogP contribution in [0, 0.1) is 6.92 Å². The lowest BCUT2D eigenvalue weighted by atomic mass is 9.91. The smallest absolute Gasteiger partial charge is 0.337 e. The molecule has 2 N–H and O–H groups in total. The van der Waals surface area contributed by atoms with Crippen LogP contribution < -0.4 is 0 Å². The zero-order valence-electron chi connectivity index (χ0n) is 10.9. The molecular weight excluding hydrogens is 292 g/mol. The summed E-state index contributed by atoms with van der Waals surface area (Å²) in [5.74, 6) is -1.10. The second-order valence-corrected chi connectivity index (χ2v) is 5.20. The van der Waals surface area contributed by atoms with Crippen LogP contribution in [0.5, 0.6) is 0 Å². The van der Waals surface area contributed by atoms with Crippen molar-refractivity contribution in [2.45, 2.75) is 6.92 Å². The van der Waals surface area contributed by atoms with E-state index < -0.39 is 11.9 Å². The molecule has 2 aromatic rings. The van der Waals surface area contributed by atoms with E-state index in [0.717, 1.165) is 6.08 Å². The third-order valence-electron chi connectivity index (χ3n) is 2.98. The molecular formula is C15H10O5S. The van der Waals surface area contributed by atoms with Crippen LogP contribution in [-0.4, -0.2) is 28.1 Å². The van der Waals surface area contributed by atoms with Crippen molar-refractivity contribution < 1.29 is 24.6 Å². The molecule has 0 aliphatic heterocycles. The molecule has 106 valence electrons. The Morgan fingerprint density at radius 2 is 1.90 bits per heavy atom. The normalized spacial score (nSPS) is 9.95. The van der Waals surface area contributed by atoms with Crippen molar-refractivity contribution >= 4 is 35.3 Å². The number of benzene rings is 1. The first-order chi connectivity index (χ1) is 9.97. The topological polar surface area (TPSA) is 91.7 Å². The molecule has 2 rings (SSSR count). The molecule has 21 heavy (non-hydrogen) atoms. The van der Waals surface area contributed by atoms with E-state index in [1.165, 1.54) is 23.3 Å². The predicted molar refractivity (Wildman–Crippen MR) is 78.6 cm³/mol. The molecule has 0 spiro atoms. The van der Waals surface area contributed by atoms with Crippen molar-refractivity contribution in [2.24, 2.45) is 0 Å². The highest BCUT2D eigenvalue weighted by molar-refractivity contribution is 7.13. The molecule has 0 radical (unpaired) electrons. The van der Waals surface area contributed by atoms with E-state index in [1.54, 1.807) is 24.4 Å². The molecule has 0 unspecified atom stereocenters. The number of carbonyl (C=O) groups excluding carboxylic acids is 1. The Hall–Kier alpha value is -2.69. The molecule has 0 aliphatic carbocycles. The standard InChI is InChI=1S/C15H10O5S/c1-8-7-10(11-3-2-6-21-11)13(15(19)20)9(4-5-16)12(8)14(17)18/h2-4,6-7H,1H3,(H,17,18)(H,19,20). The second-order valence-electron chi connectivity index (χ2n) is 4.25.